The molecule has 1 aliphatic rings. The van der Waals surface area contributed by atoms with Crippen molar-refractivity contribution in [2.75, 3.05) is 37.3 Å². The van der Waals surface area contributed by atoms with Crippen LogP contribution in [0.5, 0.6) is 0 Å². The van der Waals surface area contributed by atoms with E-state index < -0.39 is 0 Å². The van der Waals surface area contributed by atoms with Crippen LogP contribution in [-0.4, -0.2) is 42.4 Å². The lowest BCUT2D eigenvalue weighted by atomic mass is 10.2. The summed E-state index contributed by atoms with van der Waals surface area (Å²) in [5, 5.41) is 5.25. The van der Waals surface area contributed by atoms with Crippen LogP contribution in [0.1, 0.15) is 5.56 Å². The third-order valence-electron chi connectivity index (χ3n) is 4.42. The van der Waals surface area contributed by atoms with E-state index in [2.05, 4.69) is 45.6 Å². The molecule has 0 aromatic heterocycles. The first kappa shape index (κ1) is 19.6. The molecule has 2 aromatic rings. The highest BCUT2D eigenvalue weighted by Gasteiger charge is 2.20. The predicted octanol–water partition coefficient (Wildman–Crippen LogP) is 4.91. The van der Waals surface area contributed by atoms with Crippen molar-refractivity contribution in [1.82, 2.24) is 10.2 Å². The molecule has 1 fully saturated rings. The Morgan fingerprint density at radius 3 is 2.50 bits per heavy atom. The molecule has 1 aliphatic heterocycles. The average Bonchev–Trinajstić information content (AvgIpc) is 2.68. The minimum absolute atomic E-state index is 0.568. The monoisotopic (exact) mass is 425 g/mol. The second-order valence-corrected chi connectivity index (χ2v) is 8.10. The largest absolute Gasteiger partial charge is 0.367 e. The van der Waals surface area contributed by atoms with Gasteiger partial charge >= 0.3 is 0 Å². The molecule has 1 saturated heterocycles. The molecule has 0 aliphatic carbocycles. The Kier molecular flexibility index (Phi) is 6.92. The van der Waals surface area contributed by atoms with Crippen LogP contribution in [0.4, 0.5) is 5.69 Å². The zero-order chi connectivity index (χ0) is 18.5. The van der Waals surface area contributed by atoms with E-state index in [1.54, 1.807) is 11.8 Å². The number of nitrogens with zero attached hydrogens (tertiary/aromatic N) is 2. The average molecular weight is 426 g/mol. The number of rotatable bonds is 4. The summed E-state index contributed by atoms with van der Waals surface area (Å²) in [7, 11) is 0. The SMILES string of the molecule is CSc1ccccc1N1CCN(C(=S)NCc2ccc(Cl)c(Cl)c2)CC1. The Bertz CT molecular complexity index is 777. The van der Waals surface area contributed by atoms with Crippen molar-refractivity contribution in [1.29, 1.82) is 0 Å². The minimum Gasteiger partial charge on any atom is -0.367 e. The van der Waals surface area contributed by atoms with Crippen LogP contribution in [0.3, 0.4) is 0 Å². The van der Waals surface area contributed by atoms with E-state index in [1.807, 2.05) is 18.2 Å². The first-order chi connectivity index (χ1) is 12.6. The molecule has 0 unspecified atom stereocenters. The molecule has 0 amide bonds. The Morgan fingerprint density at radius 1 is 1.08 bits per heavy atom. The summed E-state index contributed by atoms with van der Waals surface area (Å²) in [6.45, 7) is 4.40. The molecule has 1 heterocycles. The molecule has 0 spiro atoms. The number of hydrogen-bond acceptors (Lipinski definition) is 3. The summed E-state index contributed by atoms with van der Waals surface area (Å²) < 4.78 is 0. The van der Waals surface area contributed by atoms with Gasteiger partial charge in [-0.1, -0.05) is 41.4 Å². The maximum absolute atomic E-state index is 6.07. The zero-order valence-corrected chi connectivity index (χ0v) is 17.7. The van der Waals surface area contributed by atoms with Crippen LogP contribution in [0.25, 0.3) is 0 Å². The van der Waals surface area contributed by atoms with Gasteiger partial charge in [0.05, 0.1) is 15.7 Å². The number of hydrogen-bond donors (Lipinski definition) is 1. The van der Waals surface area contributed by atoms with Gasteiger partial charge in [0.1, 0.15) is 0 Å². The molecule has 1 N–H and O–H groups in total. The molecule has 0 atom stereocenters. The highest BCUT2D eigenvalue weighted by Crippen LogP contribution is 2.29. The smallest absolute Gasteiger partial charge is 0.169 e. The van der Waals surface area contributed by atoms with Gasteiger partial charge in [0.2, 0.25) is 0 Å². The topological polar surface area (TPSA) is 18.5 Å². The van der Waals surface area contributed by atoms with Crippen molar-refractivity contribution in [2.24, 2.45) is 0 Å². The summed E-state index contributed by atoms with van der Waals surface area (Å²) >= 11 is 19.4. The van der Waals surface area contributed by atoms with E-state index in [1.165, 1.54) is 10.6 Å². The fourth-order valence-corrected chi connectivity index (χ4v) is 4.18. The maximum Gasteiger partial charge on any atom is 0.169 e. The van der Waals surface area contributed by atoms with Crippen LogP contribution in [0, 0.1) is 0 Å². The predicted molar refractivity (Wildman–Crippen MR) is 118 cm³/mol. The van der Waals surface area contributed by atoms with Gasteiger partial charge in [0.25, 0.3) is 0 Å². The summed E-state index contributed by atoms with van der Waals surface area (Å²) in [6.07, 6.45) is 2.12. The summed E-state index contributed by atoms with van der Waals surface area (Å²) in [4.78, 5) is 5.98. The first-order valence-electron chi connectivity index (χ1n) is 8.43. The minimum atomic E-state index is 0.568. The van der Waals surface area contributed by atoms with Crippen molar-refractivity contribution in [3.05, 3.63) is 58.1 Å². The van der Waals surface area contributed by atoms with Gasteiger partial charge in [-0.05, 0) is 48.3 Å². The fourth-order valence-electron chi connectivity index (χ4n) is 2.98. The number of benzene rings is 2. The molecule has 7 heteroatoms. The number of nitrogens with one attached hydrogen (secondary N) is 1. The van der Waals surface area contributed by atoms with Gasteiger partial charge in [-0.15, -0.1) is 11.8 Å². The molecule has 0 bridgehead atoms. The van der Waals surface area contributed by atoms with E-state index in [0.717, 1.165) is 36.9 Å². The van der Waals surface area contributed by atoms with Gasteiger partial charge in [0.15, 0.2) is 5.11 Å². The second-order valence-electron chi connectivity index (χ2n) is 6.05. The lowest BCUT2D eigenvalue weighted by molar-refractivity contribution is 0.379. The van der Waals surface area contributed by atoms with E-state index in [4.69, 9.17) is 35.4 Å². The number of halogens is 2. The molecule has 0 radical (unpaired) electrons. The zero-order valence-electron chi connectivity index (χ0n) is 14.5. The molecule has 3 rings (SSSR count). The fraction of sp³-hybridized carbons (Fsp3) is 0.316. The Labute approximate surface area is 174 Å². The Morgan fingerprint density at radius 2 is 1.81 bits per heavy atom. The molecular weight excluding hydrogens is 405 g/mol. The maximum atomic E-state index is 6.07. The molecule has 3 nitrogen and oxygen atoms in total. The standard InChI is InChI=1S/C19H21Cl2N3S2/c1-26-18-5-3-2-4-17(18)23-8-10-24(11-9-23)19(25)22-13-14-6-7-15(20)16(21)12-14/h2-7,12H,8-11,13H2,1H3,(H,22,25). The van der Waals surface area contributed by atoms with E-state index in [-0.39, 0.29) is 0 Å². The van der Waals surface area contributed by atoms with Crippen molar-refractivity contribution >= 4 is 58.0 Å². The van der Waals surface area contributed by atoms with Gasteiger partial charge < -0.3 is 15.1 Å². The Balaban J connectivity index is 1.52. The first-order valence-corrected chi connectivity index (χ1v) is 10.8. The second kappa shape index (κ2) is 9.18. The van der Waals surface area contributed by atoms with Crippen LogP contribution in [0.2, 0.25) is 10.0 Å². The van der Waals surface area contributed by atoms with Crippen molar-refractivity contribution < 1.29 is 0 Å². The van der Waals surface area contributed by atoms with Crippen LogP contribution < -0.4 is 10.2 Å². The third-order valence-corrected chi connectivity index (χ3v) is 6.35. The number of anilines is 1. The molecule has 0 saturated carbocycles. The van der Waals surface area contributed by atoms with Crippen LogP contribution >= 0.6 is 47.2 Å². The lowest BCUT2D eigenvalue weighted by Gasteiger charge is -2.38. The summed E-state index contributed by atoms with van der Waals surface area (Å²) in [5.74, 6) is 0. The van der Waals surface area contributed by atoms with Crippen molar-refractivity contribution in [3.63, 3.8) is 0 Å². The summed E-state index contributed by atoms with van der Waals surface area (Å²) in [5.41, 5.74) is 2.38. The molecule has 2 aromatic carbocycles. The highest BCUT2D eigenvalue weighted by atomic mass is 35.5. The lowest BCUT2D eigenvalue weighted by Crippen LogP contribution is -2.51. The third kappa shape index (κ3) is 4.77. The van der Waals surface area contributed by atoms with Gasteiger partial charge in [-0.3, -0.25) is 0 Å². The van der Waals surface area contributed by atoms with Crippen molar-refractivity contribution in [2.45, 2.75) is 11.4 Å². The van der Waals surface area contributed by atoms with Crippen LogP contribution in [-0.2, 0) is 6.54 Å². The number of thioether (sulfide) groups is 1. The van der Waals surface area contributed by atoms with Crippen molar-refractivity contribution in [3.8, 4) is 0 Å². The van der Waals surface area contributed by atoms with Gasteiger partial charge in [-0.25, -0.2) is 0 Å². The van der Waals surface area contributed by atoms with E-state index in [9.17, 15) is 0 Å². The molecule has 138 valence electrons. The van der Waals surface area contributed by atoms with Crippen LogP contribution in [0.15, 0.2) is 47.4 Å². The summed E-state index contributed by atoms with van der Waals surface area (Å²) in [6, 6.07) is 14.2. The number of para-hydroxylation sites is 1. The van der Waals surface area contributed by atoms with E-state index >= 15 is 0 Å². The molecule has 26 heavy (non-hydrogen) atoms. The number of piperazine rings is 1. The molecular formula is C19H21Cl2N3S2. The number of thiocarbonyl (C=S) groups is 1. The van der Waals surface area contributed by atoms with E-state index in [0.29, 0.717) is 16.6 Å². The quantitative estimate of drug-likeness (QED) is 0.552. The van der Waals surface area contributed by atoms with Gasteiger partial charge in [-0.2, -0.15) is 0 Å². The van der Waals surface area contributed by atoms with Gasteiger partial charge in [0, 0.05) is 37.6 Å². The normalized spacial score (nSPS) is 14.4. The highest BCUT2D eigenvalue weighted by molar-refractivity contribution is 7.98. The Hall–Kier alpha value is -1.14.